The van der Waals surface area contributed by atoms with E-state index in [0.29, 0.717) is 18.1 Å². The smallest absolute Gasteiger partial charge is 0.387 e. The highest BCUT2D eigenvalue weighted by molar-refractivity contribution is 14.1. The maximum Gasteiger partial charge on any atom is 0.387 e. The van der Waals surface area contributed by atoms with Gasteiger partial charge in [0.1, 0.15) is 23.0 Å². The van der Waals surface area contributed by atoms with Gasteiger partial charge in [0.05, 0.1) is 26.4 Å². The molecule has 0 saturated heterocycles. The number of halogens is 28. The van der Waals surface area contributed by atoms with Crippen molar-refractivity contribution < 1.29 is 124 Å². The summed E-state index contributed by atoms with van der Waals surface area (Å²) in [5.41, 5.74) is 0. The van der Waals surface area contributed by atoms with Crippen molar-refractivity contribution in [3.63, 3.8) is 0 Å². The van der Waals surface area contributed by atoms with Crippen molar-refractivity contribution in [2.45, 2.75) is 177 Å². The number of allylic oxidation sites excluding steroid dienone is 1. The van der Waals surface area contributed by atoms with Crippen LogP contribution in [0.4, 0.5) is 105 Å². The highest BCUT2D eigenvalue weighted by Crippen LogP contribution is 2.63. The molecule has 3 atom stereocenters. The van der Waals surface area contributed by atoms with Crippen molar-refractivity contribution >= 4 is 90.4 Å². The second-order valence-electron chi connectivity index (χ2n) is 18.2. The van der Waals surface area contributed by atoms with E-state index in [4.69, 9.17) is 18.9 Å². The number of benzene rings is 2. The van der Waals surface area contributed by atoms with Crippen LogP contribution in [0.2, 0.25) is 0 Å². The number of hydrogen-bond acceptors (Lipinski definition) is 4. The van der Waals surface area contributed by atoms with E-state index in [1.54, 1.807) is 30.3 Å². The second-order valence-corrected chi connectivity index (χ2v) is 24.9. The van der Waals surface area contributed by atoms with E-state index >= 15 is 0 Å². The third-order valence-corrected chi connectivity index (χ3v) is 15.7. The minimum Gasteiger partial charge on any atom is -0.494 e. The Morgan fingerprint density at radius 3 is 0.762 bits per heavy atom. The zero-order valence-electron chi connectivity index (χ0n) is 41.3. The van der Waals surface area contributed by atoms with Gasteiger partial charge in [0.15, 0.2) is 0 Å². The van der Waals surface area contributed by atoms with Crippen LogP contribution >= 0.6 is 90.4 Å². The second kappa shape index (κ2) is 29.8. The monoisotopic (exact) mass is 1660 g/mol. The predicted octanol–water partition coefficient (Wildman–Crippen LogP) is 20.4. The molecule has 0 bridgehead atoms. The first-order valence-corrected chi connectivity index (χ1v) is 28.6. The van der Waals surface area contributed by atoms with E-state index < -0.39 is 136 Å². The molecule has 32 heteroatoms. The molecule has 2 aromatic carbocycles. The lowest BCUT2D eigenvalue weighted by Gasteiger charge is -2.42. The first kappa shape index (κ1) is 74.7. The van der Waals surface area contributed by atoms with Crippen LogP contribution < -0.4 is 18.9 Å². The molecule has 0 aliphatic heterocycles. The summed E-state index contributed by atoms with van der Waals surface area (Å²) in [5, 5.41) is 0. The van der Waals surface area contributed by atoms with Gasteiger partial charge in [-0.05, 0) is 126 Å². The van der Waals surface area contributed by atoms with Crippen molar-refractivity contribution in [3.8, 4) is 23.0 Å². The summed E-state index contributed by atoms with van der Waals surface area (Å²) >= 11 is 2.60. The van der Waals surface area contributed by atoms with Crippen LogP contribution in [-0.4, -0.2) is 107 Å². The van der Waals surface area contributed by atoms with Crippen molar-refractivity contribution in [2.24, 2.45) is 0 Å². The molecule has 464 valence electrons. The minimum atomic E-state index is -7.71. The summed E-state index contributed by atoms with van der Waals surface area (Å²) < 4.78 is 353. The summed E-state index contributed by atoms with van der Waals surface area (Å²) in [4.78, 5) is 0. The lowest BCUT2D eigenvalue weighted by Crippen LogP contribution is -2.70. The highest BCUT2D eigenvalue weighted by atomic mass is 127. The Labute approximate surface area is 498 Å². The molecule has 2 rings (SSSR count). The molecule has 0 aliphatic carbocycles. The Kier molecular flexibility index (Phi) is 27.9. The van der Waals surface area contributed by atoms with Gasteiger partial charge in [-0.25, -0.2) is 0 Å². The van der Waals surface area contributed by atoms with Gasteiger partial charge in [-0.15, -0.1) is 6.58 Å². The number of ether oxygens (including phenoxy) is 4. The van der Waals surface area contributed by atoms with Gasteiger partial charge in [-0.1, -0.05) is 73.8 Å². The standard InChI is InChI=1S/C48H52F24I4O4/c1-2-3-4-8-23-77-33-15-17-34(18-16-33)78-24-9-5-12-30(73)27-37(49,50)40(55,56)43(61,62)44(63,64)41(57,58)38(51,52)28-31(74)13-6-10-25-79-35-19-21-36(22-20-35)80-26-11-7-14-32(75)29-39(53,54)42(59,60)45(65,66)46(67,68)47(69,70)48(71,72)76/h2,15-22,30-32H,1,3-14,23-29H2. The van der Waals surface area contributed by atoms with E-state index in [1.165, 1.54) is 24.3 Å². The zero-order chi connectivity index (χ0) is 61.7. The van der Waals surface area contributed by atoms with Crippen LogP contribution in [0.3, 0.4) is 0 Å². The van der Waals surface area contributed by atoms with Crippen LogP contribution in [-0.2, 0) is 0 Å². The maximum absolute atomic E-state index is 14.8. The van der Waals surface area contributed by atoms with E-state index in [9.17, 15) is 105 Å². The molecule has 0 fully saturated rings. The molecule has 0 aliphatic rings. The molecule has 80 heavy (non-hydrogen) atoms. The van der Waals surface area contributed by atoms with E-state index in [2.05, 4.69) is 6.58 Å². The zero-order valence-corrected chi connectivity index (χ0v) is 49.9. The molecule has 0 spiro atoms. The topological polar surface area (TPSA) is 36.9 Å². The minimum absolute atomic E-state index is 0.0208. The van der Waals surface area contributed by atoms with Gasteiger partial charge in [0, 0.05) is 53.6 Å². The molecule has 0 saturated carbocycles. The summed E-state index contributed by atoms with van der Waals surface area (Å²) in [6.07, 6.45) is -4.05. The van der Waals surface area contributed by atoms with E-state index in [-0.39, 0.29) is 76.3 Å². The molecule has 0 aromatic heterocycles. The molecule has 0 radical (unpaired) electrons. The summed E-state index contributed by atoms with van der Waals surface area (Å²) in [7, 11) is 0. The predicted molar refractivity (Wildman–Crippen MR) is 281 cm³/mol. The average molecular weight is 1660 g/mol. The fourth-order valence-corrected chi connectivity index (χ4v) is 10.3. The van der Waals surface area contributed by atoms with Gasteiger partial charge in [-0.3, -0.25) is 0 Å². The first-order chi connectivity index (χ1) is 36.3. The molecular formula is C48H52F24I4O4. The van der Waals surface area contributed by atoms with Crippen LogP contribution in [0.5, 0.6) is 23.0 Å². The Morgan fingerprint density at radius 2 is 0.550 bits per heavy atom. The number of unbranched alkanes of at least 4 members (excludes halogenated alkanes) is 5. The maximum atomic E-state index is 14.8. The molecular weight excluding hydrogens is 1600 g/mol. The van der Waals surface area contributed by atoms with Crippen molar-refractivity contribution in [2.75, 3.05) is 26.4 Å². The quantitative estimate of drug-likeness (QED) is 0.0219. The number of rotatable bonds is 40. The fraction of sp³-hybridized carbons (Fsp3) is 0.708. The Balaban J connectivity index is 1.82. The Morgan fingerprint density at radius 1 is 0.338 bits per heavy atom. The highest BCUT2D eigenvalue weighted by Gasteiger charge is 2.91. The van der Waals surface area contributed by atoms with E-state index in [1.807, 2.05) is 0 Å². The average Bonchev–Trinajstić information content (AvgIpc) is 3.33. The van der Waals surface area contributed by atoms with Crippen LogP contribution in [0.15, 0.2) is 61.2 Å². The van der Waals surface area contributed by atoms with Gasteiger partial charge in [0.2, 0.25) is 0 Å². The summed E-state index contributed by atoms with van der Waals surface area (Å²) in [5.74, 6) is -76.7. The lowest BCUT2D eigenvalue weighted by molar-refractivity contribution is -0.425. The van der Waals surface area contributed by atoms with Gasteiger partial charge < -0.3 is 18.9 Å². The summed E-state index contributed by atoms with van der Waals surface area (Å²) in [6.45, 7) is 3.65. The molecule has 2 aromatic rings. The molecule has 0 heterocycles. The number of hydrogen-bond donors (Lipinski definition) is 0. The molecule has 0 amide bonds. The van der Waals surface area contributed by atoms with Crippen LogP contribution in [0.25, 0.3) is 0 Å². The molecule has 4 nitrogen and oxygen atoms in total. The van der Waals surface area contributed by atoms with Crippen molar-refractivity contribution in [3.05, 3.63) is 61.2 Å². The van der Waals surface area contributed by atoms with E-state index in [0.717, 1.165) is 87.0 Å². The SMILES string of the molecule is C=CCCCCOc1ccc(OCCCCC(I)CC(F)(F)C(F)(F)C(F)(F)C(F)(F)C(F)(F)C(F)(F)CC(I)CCCCOc2ccc(OCCCCC(I)CC(F)(F)C(F)(F)C(F)(F)C(F)(F)C(F)(F)C(F)(F)I)cc2)cc1. The molecule has 3 unspecified atom stereocenters. The molecule has 0 N–H and O–H groups in total. The third kappa shape index (κ3) is 18.3. The first-order valence-electron chi connectivity index (χ1n) is 23.8. The van der Waals surface area contributed by atoms with Gasteiger partial charge in [-0.2, -0.15) is 105 Å². The van der Waals surface area contributed by atoms with Gasteiger partial charge >= 0.3 is 69.1 Å². The Bertz CT molecular complexity index is 2170. The third-order valence-electron chi connectivity index (χ3n) is 11.8. The Hall–Kier alpha value is -1.38. The lowest BCUT2D eigenvalue weighted by atomic mass is 9.88. The number of alkyl halides is 28. The van der Waals surface area contributed by atoms with Crippen LogP contribution in [0.1, 0.15) is 96.3 Å². The van der Waals surface area contributed by atoms with Crippen molar-refractivity contribution in [1.82, 2.24) is 0 Å². The largest absolute Gasteiger partial charge is 0.494 e. The summed E-state index contributed by atoms with van der Waals surface area (Å²) in [6, 6.07) is 11.6. The van der Waals surface area contributed by atoms with Crippen molar-refractivity contribution in [1.29, 1.82) is 0 Å². The van der Waals surface area contributed by atoms with Gasteiger partial charge in [0.25, 0.3) is 0 Å². The normalized spacial score (nSPS) is 15.3. The fourth-order valence-electron chi connectivity index (χ4n) is 7.00. The van der Waals surface area contributed by atoms with Crippen LogP contribution in [0, 0.1) is 0 Å².